The number of benzene rings is 1. The van der Waals surface area contributed by atoms with Crippen LogP contribution in [-0.4, -0.2) is 30.5 Å². The summed E-state index contributed by atoms with van der Waals surface area (Å²) < 4.78 is 0. The number of aromatic nitrogens is 1. The third-order valence-corrected chi connectivity index (χ3v) is 5.58. The van der Waals surface area contributed by atoms with E-state index < -0.39 is 0 Å². The number of pyridine rings is 1. The molecule has 1 aliphatic heterocycles. The van der Waals surface area contributed by atoms with E-state index in [2.05, 4.69) is 18.3 Å². The average molecular weight is 324 g/mol. The number of anilines is 1. The Bertz CT molecular complexity index is 763. The largest absolute Gasteiger partial charge is 0.327 e. The number of hydrogen-bond donors (Lipinski definition) is 2. The van der Waals surface area contributed by atoms with Gasteiger partial charge < -0.3 is 10.2 Å². The van der Waals surface area contributed by atoms with E-state index in [-0.39, 0.29) is 5.91 Å². The maximum Gasteiger partial charge on any atom is 0.279 e. The number of amides is 1. The van der Waals surface area contributed by atoms with Gasteiger partial charge in [-0.05, 0) is 49.7 Å². The summed E-state index contributed by atoms with van der Waals surface area (Å²) in [5.74, 6) is 0.953. The fourth-order valence-electron chi connectivity index (χ4n) is 4.11. The maximum atomic E-state index is 12.7. The fourth-order valence-corrected chi connectivity index (χ4v) is 4.11. The molecule has 0 spiro atoms. The van der Waals surface area contributed by atoms with E-state index in [4.69, 9.17) is 4.98 Å². The monoisotopic (exact) mass is 324 g/mol. The number of nitrogens with zero attached hydrogens (tertiary/aromatic N) is 1. The molecule has 0 radical (unpaired) electrons. The van der Waals surface area contributed by atoms with Gasteiger partial charge in [-0.25, -0.2) is 0 Å². The lowest BCUT2D eigenvalue weighted by atomic mass is 9.99. The molecule has 2 N–H and O–H groups in total. The van der Waals surface area contributed by atoms with Gasteiger partial charge in [-0.2, -0.15) is 0 Å². The molecule has 1 saturated heterocycles. The standard InChI is InChI=1S/C20H25N3O/c1-14-9-11-23(12-10-14)13-19(24)22-20-15-5-2-3-7-17(15)21-18-8-4-6-16(18)20/h2-3,5,7,14H,4,6,8-13H2,1H3,(H,21,22,24)/p+1. The number of nitrogens with one attached hydrogen (secondary N) is 2. The highest BCUT2D eigenvalue weighted by Gasteiger charge is 2.24. The van der Waals surface area contributed by atoms with Crippen molar-refractivity contribution in [2.75, 3.05) is 25.0 Å². The third-order valence-electron chi connectivity index (χ3n) is 5.58. The normalized spacial score (nSPS) is 23.2. The molecule has 1 aromatic heterocycles. The highest BCUT2D eigenvalue weighted by molar-refractivity contribution is 6.03. The number of aryl methyl sites for hydroxylation is 1. The summed E-state index contributed by atoms with van der Waals surface area (Å²) in [6.07, 6.45) is 5.65. The van der Waals surface area contributed by atoms with Crippen LogP contribution < -0.4 is 10.2 Å². The van der Waals surface area contributed by atoms with Gasteiger partial charge in [-0.15, -0.1) is 0 Å². The summed E-state index contributed by atoms with van der Waals surface area (Å²) in [6, 6.07) is 8.16. The molecule has 0 atom stereocenters. The van der Waals surface area contributed by atoms with Gasteiger partial charge in [0, 0.05) is 11.1 Å². The molecule has 4 rings (SSSR count). The van der Waals surface area contributed by atoms with Crippen LogP contribution in [0.25, 0.3) is 10.9 Å². The number of carbonyl (C=O) groups excluding carboxylic acids is 1. The fraction of sp³-hybridized carbons (Fsp3) is 0.500. The lowest BCUT2D eigenvalue weighted by molar-refractivity contribution is -0.897. The Hall–Kier alpha value is -1.94. The van der Waals surface area contributed by atoms with E-state index in [1.165, 1.54) is 29.0 Å². The molecule has 0 saturated carbocycles. The van der Waals surface area contributed by atoms with Crippen molar-refractivity contribution in [3.8, 4) is 0 Å². The minimum Gasteiger partial charge on any atom is -0.327 e. The van der Waals surface area contributed by atoms with E-state index in [0.717, 1.165) is 54.9 Å². The Morgan fingerprint density at radius 3 is 2.88 bits per heavy atom. The van der Waals surface area contributed by atoms with Crippen molar-refractivity contribution in [3.63, 3.8) is 0 Å². The van der Waals surface area contributed by atoms with E-state index in [0.29, 0.717) is 6.54 Å². The minimum atomic E-state index is 0.144. The highest BCUT2D eigenvalue weighted by Crippen LogP contribution is 2.33. The topological polar surface area (TPSA) is 46.4 Å². The van der Waals surface area contributed by atoms with Crippen LogP contribution >= 0.6 is 0 Å². The Kier molecular flexibility index (Phi) is 4.23. The molecule has 1 amide bonds. The zero-order valence-corrected chi connectivity index (χ0v) is 14.4. The smallest absolute Gasteiger partial charge is 0.279 e. The van der Waals surface area contributed by atoms with Gasteiger partial charge in [0.15, 0.2) is 6.54 Å². The molecule has 2 aliphatic rings. The molecule has 0 bridgehead atoms. The predicted molar refractivity (Wildman–Crippen MR) is 96.4 cm³/mol. The molecule has 2 heterocycles. The second-order valence-electron chi connectivity index (χ2n) is 7.44. The molecule has 4 heteroatoms. The first kappa shape index (κ1) is 15.6. The second kappa shape index (κ2) is 6.52. The van der Waals surface area contributed by atoms with E-state index in [9.17, 15) is 4.79 Å². The minimum absolute atomic E-state index is 0.144. The van der Waals surface area contributed by atoms with Crippen LogP contribution in [0.3, 0.4) is 0 Å². The van der Waals surface area contributed by atoms with Crippen molar-refractivity contribution < 1.29 is 9.69 Å². The van der Waals surface area contributed by atoms with Crippen LogP contribution in [0.5, 0.6) is 0 Å². The molecule has 1 fully saturated rings. The summed E-state index contributed by atoms with van der Waals surface area (Å²) >= 11 is 0. The zero-order chi connectivity index (χ0) is 16.5. The van der Waals surface area contributed by atoms with Gasteiger partial charge >= 0.3 is 0 Å². The number of para-hydroxylation sites is 1. The second-order valence-corrected chi connectivity index (χ2v) is 7.44. The van der Waals surface area contributed by atoms with Gasteiger partial charge in [-0.3, -0.25) is 9.78 Å². The molecule has 126 valence electrons. The van der Waals surface area contributed by atoms with Crippen molar-refractivity contribution in [2.45, 2.75) is 39.0 Å². The maximum absolute atomic E-state index is 12.7. The molecule has 4 nitrogen and oxygen atoms in total. The van der Waals surface area contributed by atoms with Crippen LogP contribution in [0.2, 0.25) is 0 Å². The first-order valence-corrected chi connectivity index (χ1v) is 9.24. The highest BCUT2D eigenvalue weighted by atomic mass is 16.2. The Labute approximate surface area is 143 Å². The summed E-state index contributed by atoms with van der Waals surface area (Å²) in [7, 11) is 0. The third kappa shape index (κ3) is 3.03. The van der Waals surface area contributed by atoms with Crippen molar-refractivity contribution in [2.24, 2.45) is 5.92 Å². The van der Waals surface area contributed by atoms with Gasteiger partial charge in [-0.1, -0.05) is 25.1 Å². The van der Waals surface area contributed by atoms with E-state index in [1.54, 1.807) is 0 Å². The van der Waals surface area contributed by atoms with Crippen molar-refractivity contribution in [1.29, 1.82) is 0 Å². The SMILES string of the molecule is CC1CC[NH+](CC(=O)Nc2c3c(nc4ccccc24)CCC3)CC1. The number of fused-ring (bicyclic) bond motifs is 2. The molecule has 0 unspecified atom stereocenters. The molecular weight excluding hydrogens is 298 g/mol. The number of piperidine rings is 1. The quantitative estimate of drug-likeness (QED) is 0.907. The number of carbonyl (C=O) groups is 1. The van der Waals surface area contributed by atoms with Crippen LogP contribution in [0.15, 0.2) is 24.3 Å². The summed E-state index contributed by atoms with van der Waals surface area (Å²) in [4.78, 5) is 18.9. The first-order chi connectivity index (χ1) is 11.7. The average Bonchev–Trinajstić information content (AvgIpc) is 3.05. The van der Waals surface area contributed by atoms with Gasteiger partial charge in [0.05, 0.1) is 24.3 Å². The van der Waals surface area contributed by atoms with E-state index >= 15 is 0 Å². The Balaban J connectivity index is 1.57. The van der Waals surface area contributed by atoms with Crippen molar-refractivity contribution in [3.05, 3.63) is 35.5 Å². The number of likely N-dealkylation sites (tertiary alicyclic amines) is 1. The molecule has 1 aromatic carbocycles. The summed E-state index contributed by atoms with van der Waals surface area (Å²) in [5.41, 5.74) is 4.43. The molecule has 1 aliphatic carbocycles. The zero-order valence-electron chi connectivity index (χ0n) is 14.4. The van der Waals surface area contributed by atoms with Crippen LogP contribution in [-0.2, 0) is 17.6 Å². The number of hydrogen-bond acceptors (Lipinski definition) is 2. The Morgan fingerprint density at radius 2 is 2.04 bits per heavy atom. The lowest BCUT2D eigenvalue weighted by Gasteiger charge is -2.27. The van der Waals surface area contributed by atoms with Crippen LogP contribution in [0, 0.1) is 5.92 Å². The van der Waals surface area contributed by atoms with Gasteiger partial charge in [0.1, 0.15) is 0 Å². The molecule has 24 heavy (non-hydrogen) atoms. The number of rotatable bonds is 3. The van der Waals surface area contributed by atoms with Crippen molar-refractivity contribution in [1.82, 2.24) is 4.98 Å². The van der Waals surface area contributed by atoms with Crippen LogP contribution in [0.1, 0.15) is 37.4 Å². The summed E-state index contributed by atoms with van der Waals surface area (Å²) in [5, 5.41) is 4.32. The van der Waals surface area contributed by atoms with Crippen molar-refractivity contribution >= 4 is 22.5 Å². The van der Waals surface area contributed by atoms with Gasteiger partial charge in [0.2, 0.25) is 0 Å². The molecular formula is C20H26N3O+. The van der Waals surface area contributed by atoms with E-state index in [1.807, 2.05) is 18.2 Å². The Morgan fingerprint density at radius 1 is 1.25 bits per heavy atom. The summed E-state index contributed by atoms with van der Waals surface area (Å²) in [6.45, 7) is 5.12. The van der Waals surface area contributed by atoms with Gasteiger partial charge in [0.25, 0.3) is 5.91 Å². The number of quaternary nitrogens is 1. The first-order valence-electron chi connectivity index (χ1n) is 9.24. The van der Waals surface area contributed by atoms with Crippen LogP contribution in [0.4, 0.5) is 5.69 Å². The predicted octanol–water partition coefficient (Wildman–Crippen LogP) is 1.98. The molecule has 2 aromatic rings. The lowest BCUT2D eigenvalue weighted by Crippen LogP contribution is -3.14.